The summed E-state index contributed by atoms with van der Waals surface area (Å²) in [4.78, 5) is 28.1. The molecule has 1 aromatic rings. The summed E-state index contributed by atoms with van der Waals surface area (Å²) in [6.45, 7) is 8.71. The molecule has 0 aromatic carbocycles. The second-order valence-electron chi connectivity index (χ2n) is 5.82. The van der Waals surface area contributed by atoms with Crippen molar-refractivity contribution in [3.05, 3.63) is 30.1 Å². The van der Waals surface area contributed by atoms with Gasteiger partial charge in [0, 0.05) is 6.20 Å². The van der Waals surface area contributed by atoms with Crippen LogP contribution < -0.4 is 5.32 Å². The number of ether oxygens (including phenoxy) is 2. The topological polar surface area (TPSA) is 77.5 Å². The van der Waals surface area contributed by atoms with Crippen LogP contribution in [0.5, 0.6) is 0 Å². The number of aromatic nitrogens is 1. The first kappa shape index (κ1) is 16.9. The van der Waals surface area contributed by atoms with E-state index in [1.807, 2.05) is 0 Å². The SMILES string of the molecule is CC(C)OC(=O)C(NC(=O)OC(C)(C)C)c1ccccn1. The molecule has 0 aliphatic carbocycles. The summed E-state index contributed by atoms with van der Waals surface area (Å²) in [5, 5.41) is 2.50. The zero-order valence-electron chi connectivity index (χ0n) is 13.0. The van der Waals surface area contributed by atoms with Crippen molar-refractivity contribution in [3.63, 3.8) is 0 Å². The normalized spacial score (nSPS) is 12.7. The predicted octanol–water partition coefficient (Wildman–Crippen LogP) is 2.60. The monoisotopic (exact) mass is 294 g/mol. The van der Waals surface area contributed by atoms with Crippen LogP contribution >= 0.6 is 0 Å². The number of carbonyl (C=O) groups is 2. The number of nitrogens with zero attached hydrogens (tertiary/aromatic N) is 1. The van der Waals surface area contributed by atoms with E-state index >= 15 is 0 Å². The van der Waals surface area contributed by atoms with Gasteiger partial charge in [-0.2, -0.15) is 0 Å². The molecular weight excluding hydrogens is 272 g/mol. The molecule has 1 heterocycles. The Morgan fingerprint density at radius 2 is 1.90 bits per heavy atom. The Kier molecular flexibility index (Phi) is 5.69. The van der Waals surface area contributed by atoms with Crippen molar-refractivity contribution in [1.29, 1.82) is 0 Å². The van der Waals surface area contributed by atoms with E-state index in [0.717, 1.165) is 0 Å². The number of hydrogen-bond donors (Lipinski definition) is 1. The van der Waals surface area contributed by atoms with Gasteiger partial charge in [-0.3, -0.25) is 4.98 Å². The summed E-state index contributed by atoms with van der Waals surface area (Å²) < 4.78 is 10.3. The van der Waals surface area contributed by atoms with Crippen LogP contribution in [-0.4, -0.2) is 28.8 Å². The van der Waals surface area contributed by atoms with Crippen molar-refractivity contribution in [2.45, 2.75) is 52.4 Å². The van der Waals surface area contributed by atoms with Crippen LogP contribution in [-0.2, 0) is 14.3 Å². The smallest absolute Gasteiger partial charge is 0.408 e. The zero-order chi connectivity index (χ0) is 16.0. The second kappa shape index (κ2) is 7.06. The summed E-state index contributed by atoms with van der Waals surface area (Å²) >= 11 is 0. The molecule has 0 radical (unpaired) electrons. The van der Waals surface area contributed by atoms with E-state index in [9.17, 15) is 9.59 Å². The Hall–Kier alpha value is -2.11. The van der Waals surface area contributed by atoms with Crippen LogP contribution in [0, 0.1) is 0 Å². The average Bonchev–Trinajstić information content (AvgIpc) is 2.34. The van der Waals surface area contributed by atoms with Crippen LogP contribution in [0.3, 0.4) is 0 Å². The van der Waals surface area contributed by atoms with Crippen LogP contribution in [0.2, 0.25) is 0 Å². The van der Waals surface area contributed by atoms with E-state index in [2.05, 4.69) is 10.3 Å². The van der Waals surface area contributed by atoms with Gasteiger partial charge in [0.1, 0.15) is 5.60 Å². The predicted molar refractivity (Wildman–Crippen MR) is 77.6 cm³/mol. The van der Waals surface area contributed by atoms with Crippen molar-refractivity contribution in [2.24, 2.45) is 0 Å². The molecule has 6 heteroatoms. The first-order valence-electron chi connectivity index (χ1n) is 6.80. The highest BCUT2D eigenvalue weighted by Gasteiger charge is 2.28. The molecule has 0 saturated carbocycles. The minimum Gasteiger partial charge on any atom is -0.461 e. The van der Waals surface area contributed by atoms with Crippen LogP contribution in [0.15, 0.2) is 24.4 Å². The molecule has 1 rings (SSSR count). The van der Waals surface area contributed by atoms with E-state index in [1.165, 1.54) is 0 Å². The van der Waals surface area contributed by atoms with Gasteiger partial charge >= 0.3 is 12.1 Å². The van der Waals surface area contributed by atoms with E-state index < -0.39 is 23.7 Å². The Labute approximate surface area is 124 Å². The largest absolute Gasteiger partial charge is 0.461 e. The van der Waals surface area contributed by atoms with Crippen LogP contribution in [0.4, 0.5) is 4.79 Å². The van der Waals surface area contributed by atoms with E-state index in [1.54, 1.807) is 59.0 Å². The maximum absolute atomic E-state index is 12.1. The average molecular weight is 294 g/mol. The van der Waals surface area contributed by atoms with Crippen molar-refractivity contribution >= 4 is 12.1 Å². The fraction of sp³-hybridized carbons (Fsp3) is 0.533. The molecule has 21 heavy (non-hydrogen) atoms. The van der Waals surface area contributed by atoms with Crippen molar-refractivity contribution < 1.29 is 19.1 Å². The lowest BCUT2D eigenvalue weighted by molar-refractivity contribution is -0.150. The van der Waals surface area contributed by atoms with Crippen LogP contribution in [0.25, 0.3) is 0 Å². The third kappa shape index (κ3) is 6.25. The Morgan fingerprint density at radius 3 is 2.38 bits per heavy atom. The Bertz CT molecular complexity index is 480. The van der Waals surface area contributed by atoms with Gasteiger partial charge in [0.25, 0.3) is 0 Å². The minimum atomic E-state index is -0.997. The molecule has 0 bridgehead atoms. The number of amides is 1. The van der Waals surface area contributed by atoms with Gasteiger partial charge in [0.2, 0.25) is 0 Å². The van der Waals surface area contributed by atoms with Gasteiger partial charge in [-0.25, -0.2) is 9.59 Å². The molecule has 6 nitrogen and oxygen atoms in total. The maximum atomic E-state index is 12.1. The Morgan fingerprint density at radius 1 is 1.24 bits per heavy atom. The molecule has 0 saturated heterocycles. The maximum Gasteiger partial charge on any atom is 0.408 e. The molecule has 0 spiro atoms. The summed E-state index contributed by atoms with van der Waals surface area (Å²) in [5.74, 6) is -0.574. The molecule has 0 fully saturated rings. The summed E-state index contributed by atoms with van der Waals surface area (Å²) in [7, 11) is 0. The molecule has 1 unspecified atom stereocenters. The van der Waals surface area contributed by atoms with Gasteiger partial charge in [-0.1, -0.05) is 6.07 Å². The first-order chi connectivity index (χ1) is 9.69. The van der Waals surface area contributed by atoms with Gasteiger partial charge < -0.3 is 14.8 Å². The van der Waals surface area contributed by atoms with Crippen molar-refractivity contribution in [2.75, 3.05) is 0 Å². The molecular formula is C15H22N2O4. The summed E-state index contributed by atoms with van der Waals surface area (Å²) in [6, 6.07) is 4.10. The molecule has 1 amide bonds. The van der Waals surface area contributed by atoms with Crippen molar-refractivity contribution in [3.8, 4) is 0 Å². The lowest BCUT2D eigenvalue weighted by Gasteiger charge is -2.23. The number of rotatable bonds is 4. The molecule has 0 aliphatic heterocycles. The molecule has 116 valence electrons. The Balaban J connectivity index is 2.88. The van der Waals surface area contributed by atoms with Gasteiger partial charge in [0.15, 0.2) is 6.04 Å². The third-order valence-electron chi connectivity index (χ3n) is 2.23. The fourth-order valence-corrected chi connectivity index (χ4v) is 1.53. The van der Waals surface area contributed by atoms with Gasteiger partial charge in [-0.15, -0.1) is 0 Å². The third-order valence-corrected chi connectivity index (χ3v) is 2.23. The fourth-order valence-electron chi connectivity index (χ4n) is 1.53. The molecule has 1 N–H and O–H groups in total. The van der Waals surface area contributed by atoms with E-state index in [-0.39, 0.29) is 6.10 Å². The highest BCUT2D eigenvalue weighted by Crippen LogP contribution is 2.15. The highest BCUT2D eigenvalue weighted by molar-refractivity contribution is 5.82. The standard InChI is InChI=1S/C15H22N2O4/c1-10(2)20-13(18)12(11-8-6-7-9-16-11)17-14(19)21-15(3,4)5/h6-10,12H,1-5H3,(H,17,19). The number of hydrogen-bond acceptors (Lipinski definition) is 5. The molecule has 1 atom stereocenters. The number of esters is 1. The second-order valence-corrected chi connectivity index (χ2v) is 5.82. The molecule has 1 aromatic heterocycles. The van der Waals surface area contributed by atoms with E-state index in [4.69, 9.17) is 9.47 Å². The summed E-state index contributed by atoms with van der Waals surface area (Å²) in [5.41, 5.74) is -0.255. The van der Waals surface area contributed by atoms with Gasteiger partial charge in [-0.05, 0) is 46.8 Å². The first-order valence-corrected chi connectivity index (χ1v) is 6.80. The minimum absolute atomic E-state index is 0.288. The lowest BCUT2D eigenvalue weighted by Crippen LogP contribution is -2.39. The van der Waals surface area contributed by atoms with Crippen molar-refractivity contribution in [1.82, 2.24) is 10.3 Å². The number of alkyl carbamates (subject to hydrolysis) is 1. The molecule has 0 aliphatic rings. The zero-order valence-corrected chi connectivity index (χ0v) is 13.0. The van der Waals surface area contributed by atoms with Gasteiger partial charge in [0.05, 0.1) is 11.8 Å². The number of carbonyl (C=O) groups excluding carboxylic acids is 2. The lowest BCUT2D eigenvalue weighted by atomic mass is 10.2. The number of nitrogens with one attached hydrogen (secondary N) is 1. The van der Waals surface area contributed by atoms with E-state index in [0.29, 0.717) is 5.69 Å². The van der Waals surface area contributed by atoms with Crippen LogP contribution in [0.1, 0.15) is 46.4 Å². The highest BCUT2D eigenvalue weighted by atomic mass is 16.6. The quantitative estimate of drug-likeness (QED) is 0.864. The number of pyridine rings is 1. The summed E-state index contributed by atoms with van der Waals surface area (Å²) in [6.07, 6.45) is 0.560.